The third kappa shape index (κ3) is 2.08. The number of nitrogens with zero attached hydrogens (tertiary/aromatic N) is 3. The number of aromatic carboxylic acids is 1. The number of halogens is 1. The molecule has 0 spiro atoms. The highest BCUT2D eigenvalue weighted by atomic mass is 19.1. The van der Waals surface area contributed by atoms with Crippen molar-refractivity contribution in [2.24, 2.45) is 0 Å². The van der Waals surface area contributed by atoms with Gasteiger partial charge in [-0.25, -0.2) is 13.9 Å². The predicted octanol–water partition coefficient (Wildman–Crippen LogP) is 2.27. The molecule has 0 unspecified atom stereocenters. The number of para-hydroxylation sites is 1. The zero-order valence-electron chi connectivity index (χ0n) is 10.9. The third-order valence-corrected chi connectivity index (χ3v) is 3.08. The molecule has 3 rings (SSSR count). The fourth-order valence-electron chi connectivity index (χ4n) is 2.11. The Kier molecular flexibility index (Phi) is 3.02. The van der Waals surface area contributed by atoms with Crippen molar-refractivity contribution in [3.05, 3.63) is 47.8 Å². The second kappa shape index (κ2) is 4.86. The molecular formula is C14H10FN3O3. The Balaban J connectivity index is 2.28. The highest BCUT2D eigenvalue weighted by Crippen LogP contribution is 2.24. The van der Waals surface area contributed by atoms with Crippen LogP contribution >= 0.6 is 0 Å². The Morgan fingerprint density at radius 1 is 1.33 bits per heavy atom. The van der Waals surface area contributed by atoms with Gasteiger partial charge in [0.2, 0.25) is 0 Å². The zero-order valence-corrected chi connectivity index (χ0v) is 10.9. The summed E-state index contributed by atoms with van der Waals surface area (Å²) >= 11 is 0. The van der Waals surface area contributed by atoms with Gasteiger partial charge >= 0.3 is 5.97 Å². The first-order valence-corrected chi connectivity index (χ1v) is 6.03. The van der Waals surface area contributed by atoms with Gasteiger partial charge in [-0.2, -0.15) is 0 Å². The van der Waals surface area contributed by atoms with Gasteiger partial charge in [0.05, 0.1) is 18.4 Å². The number of methoxy groups -OCH3 is 1. The lowest BCUT2D eigenvalue weighted by atomic mass is 10.2. The molecule has 1 aromatic heterocycles. The molecule has 0 radical (unpaired) electrons. The quantitative estimate of drug-likeness (QED) is 0.799. The Morgan fingerprint density at radius 3 is 2.86 bits per heavy atom. The minimum atomic E-state index is -1.08. The average Bonchev–Trinajstić information content (AvgIpc) is 2.91. The normalized spacial score (nSPS) is 10.8. The maximum absolute atomic E-state index is 13.5. The predicted molar refractivity (Wildman–Crippen MR) is 72.3 cm³/mol. The second-order valence-electron chi connectivity index (χ2n) is 4.30. The number of ether oxygens (including phenoxy) is 1. The number of hydrogen-bond acceptors (Lipinski definition) is 4. The summed E-state index contributed by atoms with van der Waals surface area (Å²) < 4.78 is 19.7. The van der Waals surface area contributed by atoms with Crippen molar-refractivity contribution in [1.29, 1.82) is 0 Å². The van der Waals surface area contributed by atoms with E-state index in [1.165, 1.54) is 36.1 Å². The van der Waals surface area contributed by atoms with Crippen LogP contribution in [0.2, 0.25) is 0 Å². The fourth-order valence-corrected chi connectivity index (χ4v) is 2.11. The zero-order chi connectivity index (χ0) is 15.0. The summed E-state index contributed by atoms with van der Waals surface area (Å²) in [6.45, 7) is 0. The molecule has 2 aromatic carbocycles. The maximum atomic E-state index is 13.5. The first-order chi connectivity index (χ1) is 10.1. The van der Waals surface area contributed by atoms with Gasteiger partial charge in [-0.3, -0.25) is 0 Å². The highest BCUT2D eigenvalue weighted by molar-refractivity contribution is 6.01. The van der Waals surface area contributed by atoms with Crippen LogP contribution in [0.3, 0.4) is 0 Å². The Hall–Kier alpha value is -2.96. The van der Waals surface area contributed by atoms with Crippen LogP contribution < -0.4 is 4.74 Å². The van der Waals surface area contributed by atoms with Crippen LogP contribution in [0.15, 0.2) is 36.4 Å². The van der Waals surface area contributed by atoms with Crippen LogP contribution in [0.4, 0.5) is 4.39 Å². The molecule has 0 saturated heterocycles. The molecule has 7 heteroatoms. The van der Waals surface area contributed by atoms with Gasteiger partial charge in [-0.05, 0) is 24.3 Å². The molecule has 0 aliphatic rings. The standard InChI is InChI=1S/C14H10FN3O3/c1-21-12-7-8(5-6-10(12)15)18-13-9(14(19)20)3-2-4-11(13)16-17-18/h2-7H,1H3,(H,19,20). The highest BCUT2D eigenvalue weighted by Gasteiger charge is 2.16. The molecule has 3 aromatic rings. The van der Waals surface area contributed by atoms with Crippen LogP contribution in [-0.4, -0.2) is 33.2 Å². The molecule has 1 N–H and O–H groups in total. The van der Waals surface area contributed by atoms with Crippen LogP contribution in [0.25, 0.3) is 16.7 Å². The third-order valence-electron chi connectivity index (χ3n) is 3.08. The fraction of sp³-hybridized carbons (Fsp3) is 0.0714. The van der Waals surface area contributed by atoms with Crippen LogP contribution in [0.5, 0.6) is 5.75 Å². The van der Waals surface area contributed by atoms with E-state index in [2.05, 4.69) is 10.3 Å². The number of hydrogen-bond donors (Lipinski definition) is 1. The van der Waals surface area contributed by atoms with Gasteiger partial charge in [0.15, 0.2) is 11.6 Å². The van der Waals surface area contributed by atoms with Gasteiger partial charge < -0.3 is 9.84 Å². The summed E-state index contributed by atoms with van der Waals surface area (Å²) in [5, 5.41) is 17.1. The molecule has 0 aliphatic carbocycles. The summed E-state index contributed by atoms with van der Waals surface area (Å²) in [6.07, 6.45) is 0. The van der Waals surface area contributed by atoms with E-state index in [1.54, 1.807) is 12.1 Å². The molecule has 0 bridgehead atoms. The van der Waals surface area contributed by atoms with Crippen molar-refractivity contribution in [3.63, 3.8) is 0 Å². The minimum Gasteiger partial charge on any atom is -0.494 e. The van der Waals surface area contributed by atoms with Gasteiger partial charge in [0, 0.05) is 6.07 Å². The van der Waals surface area contributed by atoms with E-state index in [4.69, 9.17) is 4.74 Å². The topological polar surface area (TPSA) is 77.2 Å². The van der Waals surface area contributed by atoms with E-state index in [0.717, 1.165) is 0 Å². The summed E-state index contributed by atoms with van der Waals surface area (Å²) in [5.41, 5.74) is 1.32. The molecule has 0 atom stereocenters. The van der Waals surface area contributed by atoms with E-state index < -0.39 is 11.8 Å². The second-order valence-corrected chi connectivity index (χ2v) is 4.30. The lowest BCUT2D eigenvalue weighted by Crippen LogP contribution is -2.04. The number of fused-ring (bicyclic) bond motifs is 1. The van der Waals surface area contributed by atoms with Crippen LogP contribution in [0.1, 0.15) is 10.4 Å². The van der Waals surface area contributed by atoms with E-state index in [1.807, 2.05) is 0 Å². The van der Waals surface area contributed by atoms with Crippen LogP contribution in [0, 0.1) is 5.82 Å². The van der Waals surface area contributed by atoms with Crippen molar-refractivity contribution in [3.8, 4) is 11.4 Å². The lowest BCUT2D eigenvalue weighted by molar-refractivity contribution is 0.0698. The number of carboxylic acids is 1. The number of carboxylic acid groups (broad SMARTS) is 1. The Bertz CT molecular complexity index is 845. The minimum absolute atomic E-state index is 0.0453. The number of rotatable bonds is 3. The van der Waals surface area contributed by atoms with Gasteiger partial charge in [0.1, 0.15) is 11.0 Å². The van der Waals surface area contributed by atoms with E-state index in [-0.39, 0.29) is 11.3 Å². The summed E-state index contributed by atoms with van der Waals surface area (Å²) in [7, 11) is 1.35. The van der Waals surface area contributed by atoms with Crippen molar-refractivity contribution < 1.29 is 19.0 Å². The average molecular weight is 287 g/mol. The van der Waals surface area contributed by atoms with Crippen molar-refractivity contribution in [1.82, 2.24) is 15.0 Å². The summed E-state index contributed by atoms with van der Waals surface area (Å²) in [6, 6.07) is 8.85. The molecule has 106 valence electrons. The van der Waals surface area contributed by atoms with E-state index in [9.17, 15) is 14.3 Å². The molecule has 6 nitrogen and oxygen atoms in total. The number of benzene rings is 2. The molecule has 1 heterocycles. The Labute approximate surface area is 118 Å². The van der Waals surface area contributed by atoms with Gasteiger partial charge in [0.25, 0.3) is 0 Å². The SMILES string of the molecule is COc1cc(-n2nnc3cccc(C(=O)O)c32)ccc1F. The Morgan fingerprint density at radius 2 is 2.14 bits per heavy atom. The number of aromatic nitrogens is 3. The first kappa shape index (κ1) is 13.0. The summed E-state index contributed by atoms with van der Waals surface area (Å²) in [5.74, 6) is -1.55. The van der Waals surface area contributed by atoms with Crippen molar-refractivity contribution in [2.75, 3.05) is 7.11 Å². The van der Waals surface area contributed by atoms with Crippen molar-refractivity contribution in [2.45, 2.75) is 0 Å². The molecule has 0 saturated carbocycles. The van der Waals surface area contributed by atoms with E-state index >= 15 is 0 Å². The number of carbonyl (C=O) groups is 1. The maximum Gasteiger partial charge on any atom is 0.337 e. The smallest absolute Gasteiger partial charge is 0.337 e. The largest absolute Gasteiger partial charge is 0.494 e. The molecule has 0 amide bonds. The molecule has 21 heavy (non-hydrogen) atoms. The molecular weight excluding hydrogens is 277 g/mol. The van der Waals surface area contributed by atoms with Gasteiger partial charge in [-0.1, -0.05) is 11.3 Å². The molecule has 0 fully saturated rings. The first-order valence-electron chi connectivity index (χ1n) is 6.03. The van der Waals surface area contributed by atoms with Gasteiger partial charge in [-0.15, -0.1) is 5.10 Å². The summed E-state index contributed by atoms with van der Waals surface area (Å²) in [4.78, 5) is 11.3. The monoisotopic (exact) mass is 287 g/mol. The molecule has 0 aliphatic heterocycles. The van der Waals surface area contributed by atoms with Crippen molar-refractivity contribution >= 4 is 17.0 Å². The lowest BCUT2D eigenvalue weighted by Gasteiger charge is -2.07. The van der Waals surface area contributed by atoms with Crippen LogP contribution in [-0.2, 0) is 0 Å². The van der Waals surface area contributed by atoms with E-state index in [0.29, 0.717) is 16.7 Å².